The first kappa shape index (κ1) is 20.9. The molecule has 3 rings (SSSR count). The number of hydrogen-bond donors (Lipinski definition) is 1. The number of aromatic nitrogens is 1. The minimum absolute atomic E-state index is 0.100. The molecule has 0 bridgehead atoms. The summed E-state index contributed by atoms with van der Waals surface area (Å²) in [4.78, 5) is 12.8. The number of ketones is 1. The molecule has 0 saturated carbocycles. The largest absolute Gasteiger partial charge is 0.417 e. The molecular weight excluding hydrogens is 419 g/mol. The zero-order valence-corrected chi connectivity index (χ0v) is 16.0. The monoisotopic (exact) mass is 429 g/mol. The highest BCUT2D eigenvalue weighted by atomic mass is 35.5. The maximum Gasteiger partial charge on any atom is 0.417 e. The number of nitrogens with one attached hydrogen (secondary N) is 1. The molecule has 2 aromatic carbocycles. The van der Waals surface area contributed by atoms with Gasteiger partial charge in [-0.25, -0.2) is 0 Å². The summed E-state index contributed by atoms with van der Waals surface area (Å²) in [6.45, 7) is 0. The van der Waals surface area contributed by atoms with E-state index in [2.05, 4.69) is 10.5 Å². The number of nitriles is 2. The van der Waals surface area contributed by atoms with Gasteiger partial charge in [-0.05, 0) is 36.4 Å². The van der Waals surface area contributed by atoms with E-state index in [1.165, 1.54) is 18.3 Å². The van der Waals surface area contributed by atoms with Crippen LogP contribution in [0.4, 0.5) is 18.9 Å². The SMILES string of the molecule is Cn1cc(C(=O)/C(C#N)=N/Nc2ccc(Cl)c(C(F)(F)F)c2)c2cc(C#N)ccc21. The lowest BCUT2D eigenvalue weighted by Crippen LogP contribution is -2.14. The van der Waals surface area contributed by atoms with Gasteiger partial charge in [0.05, 0.1) is 33.5 Å². The van der Waals surface area contributed by atoms with Gasteiger partial charge in [-0.1, -0.05) is 11.6 Å². The Morgan fingerprint density at radius 3 is 2.57 bits per heavy atom. The van der Waals surface area contributed by atoms with E-state index < -0.39 is 28.3 Å². The summed E-state index contributed by atoms with van der Waals surface area (Å²) >= 11 is 5.57. The Morgan fingerprint density at radius 2 is 1.93 bits per heavy atom. The molecule has 3 aromatic rings. The quantitative estimate of drug-likeness (QED) is 0.362. The van der Waals surface area contributed by atoms with Crippen LogP contribution in [0.5, 0.6) is 0 Å². The van der Waals surface area contributed by atoms with Crippen molar-refractivity contribution in [3.05, 3.63) is 64.3 Å². The van der Waals surface area contributed by atoms with Crippen molar-refractivity contribution in [1.29, 1.82) is 10.5 Å². The van der Waals surface area contributed by atoms with Crippen LogP contribution >= 0.6 is 11.6 Å². The fourth-order valence-electron chi connectivity index (χ4n) is 2.83. The van der Waals surface area contributed by atoms with Crippen molar-refractivity contribution in [3.63, 3.8) is 0 Å². The van der Waals surface area contributed by atoms with E-state index in [9.17, 15) is 23.2 Å². The third-order valence-corrected chi connectivity index (χ3v) is 4.58. The number of aryl methyl sites for hydroxylation is 1. The smallest absolute Gasteiger partial charge is 0.350 e. The second-order valence-electron chi connectivity index (χ2n) is 6.20. The van der Waals surface area contributed by atoms with Gasteiger partial charge in [0.15, 0.2) is 0 Å². The lowest BCUT2D eigenvalue weighted by Gasteiger charge is -2.10. The number of hydrazone groups is 1. The van der Waals surface area contributed by atoms with E-state index in [4.69, 9.17) is 16.9 Å². The molecule has 0 spiro atoms. The molecule has 0 aliphatic heterocycles. The molecular formula is C20H11ClF3N5O. The maximum atomic E-state index is 13.0. The van der Waals surface area contributed by atoms with Gasteiger partial charge in [0.1, 0.15) is 6.07 Å². The Hall–Kier alpha value is -3.82. The van der Waals surface area contributed by atoms with Gasteiger partial charge in [-0.3, -0.25) is 10.2 Å². The van der Waals surface area contributed by atoms with Crippen LogP contribution in [0, 0.1) is 22.7 Å². The van der Waals surface area contributed by atoms with Crippen LogP contribution in [0.1, 0.15) is 21.5 Å². The Labute approximate surface area is 173 Å². The minimum atomic E-state index is -4.67. The van der Waals surface area contributed by atoms with Crippen molar-refractivity contribution >= 4 is 39.7 Å². The summed E-state index contributed by atoms with van der Waals surface area (Å²) in [5.74, 6) is -0.740. The van der Waals surface area contributed by atoms with Gasteiger partial charge in [0.25, 0.3) is 0 Å². The van der Waals surface area contributed by atoms with Crippen LogP contribution in [0.25, 0.3) is 10.9 Å². The van der Waals surface area contributed by atoms with Crippen LogP contribution in [0.15, 0.2) is 47.7 Å². The number of alkyl halides is 3. The number of hydrogen-bond acceptors (Lipinski definition) is 5. The van der Waals surface area contributed by atoms with Gasteiger partial charge in [0, 0.05) is 24.1 Å². The van der Waals surface area contributed by atoms with E-state index in [-0.39, 0.29) is 11.3 Å². The van der Waals surface area contributed by atoms with Crippen molar-refractivity contribution in [2.24, 2.45) is 12.1 Å². The molecule has 0 saturated heterocycles. The molecule has 1 aromatic heterocycles. The third kappa shape index (κ3) is 3.97. The topological polar surface area (TPSA) is 94.0 Å². The van der Waals surface area contributed by atoms with Gasteiger partial charge in [-0.15, -0.1) is 0 Å². The number of anilines is 1. The van der Waals surface area contributed by atoms with Crippen LogP contribution in [0.2, 0.25) is 5.02 Å². The predicted octanol–water partition coefficient (Wildman–Crippen LogP) is 4.90. The number of Topliss-reactive ketones (excluding diaryl/α,β-unsaturated/α-hetero) is 1. The average molecular weight is 430 g/mol. The zero-order chi connectivity index (χ0) is 22.1. The molecule has 0 amide bonds. The lowest BCUT2D eigenvalue weighted by atomic mass is 10.0. The Kier molecular flexibility index (Phi) is 5.50. The summed E-state index contributed by atoms with van der Waals surface area (Å²) in [6.07, 6.45) is -3.18. The molecule has 0 atom stereocenters. The predicted molar refractivity (Wildman–Crippen MR) is 105 cm³/mol. The molecule has 6 nitrogen and oxygen atoms in total. The van der Waals surface area contributed by atoms with Crippen LogP contribution in [-0.2, 0) is 13.2 Å². The van der Waals surface area contributed by atoms with Crippen molar-refractivity contribution in [3.8, 4) is 12.1 Å². The second-order valence-corrected chi connectivity index (χ2v) is 6.61. The average Bonchev–Trinajstić information content (AvgIpc) is 3.04. The number of benzene rings is 2. The summed E-state index contributed by atoms with van der Waals surface area (Å²) < 4.78 is 40.6. The molecule has 1 N–H and O–H groups in total. The van der Waals surface area contributed by atoms with E-state index in [1.54, 1.807) is 29.8 Å². The highest BCUT2D eigenvalue weighted by Crippen LogP contribution is 2.36. The molecule has 0 fully saturated rings. The molecule has 0 unspecified atom stereocenters. The second kappa shape index (κ2) is 7.90. The van der Waals surface area contributed by atoms with Crippen LogP contribution < -0.4 is 5.43 Å². The van der Waals surface area contributed by atoms with Crippen molar-refractivity contribution in [2.75, 3.05) is 5.43 Å². The minimum Gasteiger partial charge on any atom is -0.350 e. The summed E-state index contributed by atoms with van der Waals surface area (Å²) in [5, 5.41) is 22.1. The van der Waals surface area contributed by atoms with Crippen molar-refractivity contribution in [2.45, 2.75) is 6.18 Å². The lowest BCUT2D eigenvalue weighted by molar-refractivity contribution is -0.137. The number of rotatable bonds is 4. The van der Waals surface area contributed by atoms with E-state index in [0.717, 1.165) is 12.1 Å². The van der Waals surface area contributed by atoms with Gasteiger partial charge < -0.3 is 4.57 Å². The number of nitrogens with zero attached hydrogens (tertiary/aromatic N) is 4. The molecule has 1 heterocycles. The van der Waals surface area contributed by atoms with Crippen molar-refractivity contribution < 1.29 is 18.0 Å². The molecule has 150 valence electrons. The first-order valence-corrected chi connectivity index (χ1v) is 8.68. The molecule has 0 aliphatic carbocycles. The Bertz CT molecular complexity index is 1280. The first-order valence-electron chi connectivity index (χ1n) is 8.30. The number of halogens is 4. The Morgan fingerprint density at radius 1 is 1.20 bits per heavy atom. The summed E-state index contributed by atoms with van der Waals surface area (Å²) in [6, 6.07) is 11.4. The van der Waals surface area contributed by atoms with E-state index in [0.29, 0.717) is 16.5 Å². The third-order valence-electron chi connectivity index (χ3n) is 4.25. The molecule has 0 aliphatic rings. The summed E-state index contributed by atoms with van der Waals surface area (Å²) in [5.41, 5.74) is 1.68. The summed E-state index contributed by atoms with van der Waals surface area (Å²) in [7, 11) is 1.69. The fraction of sp³-hybridized carbons (Fsp3) is 0.100. The van der Waals surface area contributed by atoms with Gasteiger partial charge >= 0.3 is 6.18 Å². The number of fused-ring (bicyclic) bond motifs is 1. The first-order chi connectivity index (χ1) is 14.2. The number of carbonyl (C=O) groups excluding carboxylic acids is 1. The zero-order valence-electron chi connectivity index (χ0n) is 15.3. The van der Waals surface area contributed by atoms with Gasteiger partial charge in [-0.2, -0.15) is 28.8 Å². The number of carbonyl (C=O) groups is 1. The fourth-order valence-corrected chi connectivity index (χ4v) is 3.05. The highest BCUT2D eigenvalue weighted by Gasteiger charge is 2.33. The molecule has 10 heteroatoms. The molecule has 0 radical (unpaired) electrons. The van der Waals surface area contributed by atoms with Crippen LogP contribution in [0.3, 0.4) is 0 Å². The van der Waals surface area contributed by atoms with Crippen LogP contribution in [-0.4, -0.2) is 16.1 Å². The maximum absolute atomic E-state index is 13.0. The van der Waals surface area contributed by atoms with E-state index in [1.807, 2.05) is 6.07 Å². The van der Waals surface area contributed by atoms with E-state index >= 15 is 0 Å². The van der Waals surface area contributed by atoms with Gasteiger partial charge in [0.2, 0.25) is 11.5 Å². The van der Waals surface area contributed by atoms with Crippen molar-refractivity contribution in [1.82, 2.24) is 4.57 Å². The standard InChI is InChI=1S/C20H11ClF3N5O/c1-29-10-14(13-6-11(8-25)2-5-18(13)29)19(30)17(9-26)28-27-12-3-4-16(21)15(7-12)20(22,23)24/h2-7,10,27H,1H3/b28-17+. The highest BCUT2D eigenvalue weighted by molar-refractivity contribution is 6.53. The molecule has 30 heavy (non-hydrogen) atoms. The normalized spacial score (nSPS) is 11.8. The Balaban J connectivity index is 1.97.